The molecule has 2 aromatic carbocycles. The molecule has 1 saturated heterocycles. The van der Waals surface area contributed by atoms with Crippen LogP contribution in [-0.2, 0) is 4.79 Å². The molecule has 0 aromatic heterocycles. The summed E-state index contributed by atoms with van der Waals surface area (Å²) in [6.45, 7) is 3.82. The van der Waals surface area contributed by atoms with Gasteiger partial charge in [-0.25, -0.2) is 4.39 Å². The largest absolute Gasteiger partial charge is 0.376 e. The predicted molar refractivity (Wildman–Crippen MR) is 104 cm³/mol. The maximum absolute atomic E-state index is 13.5. The Morgan fingerprint density at radius 3 is 2.41 bits per heavy atom. The number of benzene rings is 2. The second kappa shape index (κ2) is 8.66. The molecule has 6 heteroatoms. The third-order valence-electron chi connectivity index (χ3n) is 4.80. The van der Waals surface area contributed by atoms with E-state index in [-0.39, 0.29) is 24.0 Å². The van der Waals surface area contributed by atoms with E-state index in [1.54, 1.807) is 36.4 Å². The van der Waals surface area contributed by atoms with Crippen molar-refractivity contribution >= 4 is 23.2 Å². The van der Waals surface area contributed by atoms with Gasteiger partial charge in [0.2, 0.25) is 5.91 Å². The molecular weight excluding hydrogens is 345 g/mol. The van der Waals surface area contributed by atoms with Crippen molar-refractivity contribution in [2.45, 2.75) is 19.8 Å². The minimum Gasteiger partial charge on any atom is -0.376 e. The zero-order valence-electron chi connectivity index (χ0n) is 15.4. The normalized spacial score (nSPS) is 14.7. The van der Waals surface area contributed by atoms with E-state index in [2.05, 4.69) is 17.6 Å². The third kappa shape index (κ3) is 5.06. The quantitative estimate of drug-likeness (QED) is 0.844. The summed E-state index contributed by atoms with van der Waals surface area (Å²) in [6, 6.07) is 13.1. The van der Waals surface area contributed by atoms with Gasteiger partial charge in [0.15, 0.2) is 0 Å². The molecule has 0 saturated carbocycles. The van der Waals surface area contributed by atoms with Gasteiger partial charge in [0.25, 0.3) is 5.91 Å². The van der Waals surface area contributed by atoms with Crippen LogP contribution in [0.5, 0.6) is 0 Å². The molecule has 0 atom stereocenters. The lowest BCUT2D eigenvalue weighted by Gasteiger charge is -2.30. The van der Waals surface area contributed by atoms with Crippen LogP contribution in [0.3, 0.4) is 0 Å². The number of carbonyl (C=O) groups excluding carboxylic acids is 2. The van der Waals surface area contributed by atoms with Crippen LogP contribution >= 0.6 is 0 Å². The molecule has 3 rings (SSSR count). The van der Waals surface area contributed by atoms with E-state index in [0.29, 0.717) is 11.5 Å². The number of halogens is 1. The average Bonchev–Trinajstić information content (AvgIpc) is 2.69. The van der Waals surface area contributed by atoms with Gasteiger partial charge < -0.3 is 15.5 Å². The number of rotatable bonds is 5. The lowest BCUT2D eigenvalue weighted by molar-refractivity contribution is -0.114. The van der Waals surface area contributed by atoms with Crippen LogP contribution in [0, 0.1) is 11.7 Å². The van der Waals surface area contributed by atoms with E-state index in [1.165, 1.54) is 12.1 Å². The molecule has 1 fully saturated rings. The van der Waals surface area contributed by atoms with Gasteiger partial charge in [-0.1, -0.05) is 19.1 Å². The van der Waals surface area contributed by atoms with Gasteiger partial charge in [0.05, 0.1) is 12.2 Å². The summed E-state index contributed by atoms with van der Waals surface area (Å²) in [4.78, 5) is 26.4. The van der Waals surface area contributed by atoms with Crippen LogP contribution in [0.4, 0.5) is 15.8 Å². The van der Waals surface area contributed by atoms with Crippen LogP contribution in [0.15, 0.2) is 48.5 Å². The van der Waals surface area contributed by atoms with Gasteiger partial charge in [0.1, 0.15) is 5.82 Å². The second-order valence-corrected chi connectivity index (χ2v) is 6.93. The summed E-state index contributed by atoms with van der Waals surface area (Å²) in [5.41, 5.74) is 1.52. The molecule has 1 aliphatic rings. The van der Waals surface area contributed by atoms with Gasteiger partial charge in [-0.2, -0.15) is 0 Å². The van der Waals surface area contributed by atoms with Crippen molar-refractivity contribution < 1.29 is 14.0 Å². The maximum atomic E-state index is 13.5. The van der Waals surface area contributed by atoms with E-state index in [4.69, 9.17) is 0 Å². The summed E-state index contributed by atoms with van der Waals surface area (Å²) in [5.74, 6) is -0.0922. The number of carbonyl (C=O) groups is 2. The van der Waals surface area contributed by atoms with Crippen LogP contribution in [0.25, 0.3) is 0 Å². The molecule has 142 valence electrons. The van der Waals surface area contributed by atoms with Crippen molar-refractivity contribution in [3.05, 3.63) is 59.9 Å². The first kappa shape index (κ1) is 18.9. The zero-order valence-corrected chi connectivity index (χ0v) is 15.4. The Labute approximate surface area is 158 Å². The van der Waals surface area contributed by atoms with Gasteiger partial charge in [-0.15, -0.1) is 0 Å². The highest BCUT2D eigenvalue weighted by Gasteiger charge is 2.21. The molecule has 5 nitrogen and oxygen atoms in total. The molecule has 0 spiro atoms. The Kier molecular flexibility index (Phi) is 6.06. The van der Waals surface area contributed by atoms with Crippen molar-refractivity contribution in [2.75, 3.05) is 30.3 Å². The highest BCUT2D eigenvalue weighted by Crippen LogP contribution is 2.19. The van der Waals surface area contributed by atoms with Gasteiger partial charge >= 0.3 is 0 Å². The fourth-order valence-electron chi connectivity index (χ4n) is 3.06. The number of hydrogen-bond donors (Lipinski definition) is 2. The first-order valence-electron chi connectivity index (χ1n) is 9.20. The number of para-hydroxylation sites is 1. The number of nitrogens with one attached hydrogen (secondary N) is 2. The summed E-state index contributed by atoms with van der Waals surface area (Å²) < 4.78 is 13.5. The predicted octanol–water partition coefficient (Wildman–Crippen LogP) is 3.75. The van der Waals surface area contributed by atoms with E-state index in [9.17, 15) is 14.0 Å². The highest BCUT2D eigenvalue weighted by molar-refractivity contribution is 5.95. The van der Waals surface area contributed by atoms with Crippen LogP contribution < -0.4 is 10.6 Å². The van der Waals surface area contributed by atoms with Gasteiger partial charge in [-0.3, -0.25) is 9.59 Å². The molecule has 0 aliphatic carbocycles. The van der Waals surface area contributed by atoms with Crippen LogP contribution in [-0.4, -0.2) is 36.3 Å². The van der Waals surface area contributed by atoms with Crippen molar-refractivity contribution in [1.29, 1.82) is 0 Å². The fraction of sp³-hybridized carbons (Fsp3) is 0.333. The Morgan fingerprint density at radius 2 is 1.74 bits per heavy atom. The number of amides is 2. The van der Waals surface area contributed by atoms with Crippen LogP contribution in [0.1, 0.15) is 30.1 Å². The number of hydrogen-bond acceptors (Lipinski definition) is 3. The number of nitrogens with zero attached hydrogens (tertiary/aromatic N) is 1. The first-order chi connectivity index (χ1) is 13.0. The SMILES string of the molecule is CC1CCN(C(=O)c2ccc(NCC(=O)Nc3ccccc3F)cc2)CC1. The lowest BCUT2D eigenvalue weighted by Crippen LogP contribution is -2.37. The second-order valence-electron chi connectivity index (χ2n) is 6.93. The average molecular weight is 369 g/mol. The van der Waals surface area contributed by atoms with E-state index in [1.807, 2.05) is 4.90 Å². The van der Waals surface area contributed by atoms with E-state index < -0.39 is 5.82 Å². The van der Waals surface area contributed by atoms with Gasteiger partial charge in [0, 0.05) is 24.3 Å². The molecule has 0 bridgehead atoms. The number of likely N-dealkylation sites (tertiary alicyclic amines) is 1. The van der Waals surface area contributed by atoms with Crippen molar-refractivity contribution in [1.82, 2.24) is 4.90 Å². The molecule has 2 amide bonds. The Balaban J connectivity index is 1.51. The minimum absolute atomic E-state index is 0.00560. The standard InChI is InChI=1S/C21H24FN3O2/c1-15-10-12-25(13-11-15)21(27)16-6-8-17(9-7-16)23-14-20(26)24-19-5-3-2-4-18(19)22/h2-9,15,23H,10-14H2,1H3,(H,24,26). The molecule has 27 heavy (non-hydrogen) atoms. The summed E-state index contributed by atoms with van der Waals surface area (Å²) in [6.07, 6.45) is 2.09. The summed E-state index contributed by atoms with van der Waals surface area (Å²) >= 11 is 0. The number of piperidine rings is 1. The topological polar surface area (TPSA) is 61.4 Å². The van der Waals surface area contributed by atoms with E-state index in [0.717, 1.165) is 31.6 Å². The molecule has 2 aromatic rings. The molecular formula is C21H24FN3O2. The third-order valence-corrected chi connectivity index (χ3v) is 4.80. The van der Waals surface area contributed by atoms with Crippen molar-refractivity contribution in [3.63, 3.8) is 0 Å². The highest BCUT2D eigenvalue weighted by atomic mass is 19.1. The van der Waals surface area contributed by atoms with Crippen molar-refractivity contribution in [2.24, 2.45) is 5.92 Å². The fourth-order valence-corrected chi connectivity index (χ4v) is 3.06. The molecule has 0 unspecified atom stereocenters. The minimum atomic E-state index is -0.471. The monoisotopic (exact) mass is 369 g/mol. The molecule has 0 radical (unpaired) electrons. The maximum Gasteiger partial charge on any atom is 0.253 e. The van der Waals surface area contributed by atoms with E-state index >= 15 is 0 Å². The summed E-state index contributed by atoms with van der Waals surface area (Å²) in [7, 11) is 0. The lowest BCUT2D eigenvalue weighted by atomic mass is 9.98. The van der Waals surface area contributed by atoms with Gasteiger partial charge in [-0.05, 0) is 55.2 Å². The zero-order chi connectivity index (χ0) is 19.2. The molecule has 1 heterocycles. The van der Waals surface area contributed by atoms with Crippen LogP contribution in [0.2, 0.25) is 0 Å². The molecule has 2 N–H and O–H groups in total. The Bertz CT molecular complexity index is 799. The van der Waals surface area contributed by atoms with Crippen molar-refractivity contribution in [3.8, 4) is 0 Å². The number of anilines is 2. The Hall–Kier alpha value is -2.89. The smallest absolute Gasteiger partial charge is 0.253 e. The first-order valence-corrected chi connectivity index (χ1v) is 9.20. The Morgan fingerprint density at radius 1 is 1.07 bits per heavy atom. The molecule has 1 aliphatic heterocycles. The summed E-state index contributed by atoms with van der Waals surface area (Å²) in [5, 5.41) is 5.50.